The maximum absolute atomic E-state index is 11.2. The van der Waals surface area contributed by atoms with Gasteiger partial charge in [-0.3, -0.25) is 0 Å². The molecule has 0 amide bonds. The molecule has 0 nitrogen and oxygen atoms in total. The molecule has 0 fully saturated rings. The zero-order valence-corrected chi connectivity index (χ0v) is 5.82. The van der Waals surface area contributed by atoms with E-state index in [0.29, 0.717) is 12.8 Å². The Bertz CT molecular complexity index is 80.9. The Balaban J connectivity index is 0. The van der Waals surface area contributed by atoms with E-state index in [1.54, 1.807) is 13.8 Å². The molecule has 0 aromatic rings. The highest BCUT2D eigenvalue weighted by molar-refractivity contribution is 4.75. The van der Waals surface area contributed by atoms with Crippen molar-refractivity contribution in [3.8, 4) is 0 Å². The summed E-state index contributed by atoms with van der Waals surface area (Å²) in [5.41, 5.74) is 0. The van der Waals surface area contributed by atoms with Gasteiger partial charge in [-0.25, -0.2) is 8.78 Å². The van der Waals surface area contributed by atoms with Gasteiger partial charge in [-0.1, -0.05) is 19.6 Å². The molecule has 0 aliphatic rings. The molecule has 0 spiro atoms. The van der Waals surface area contributed by atoms with Crippen LogP contribution in [0.15, 0.2) is 24.8 Å². The van der Waals surface area contributed by atoms with Crippen molar-refractivity contribution >= 4 is 0 Å². The zero-order chi connectivity index (χ0) is 7.70. The van der Waals surface area contributed by atoms with Crippen LogP contribution in [0.3, 0.4) is 0 Å². The molecule has 0 bridgehead atoms. The fourth-order valence-electron chi connectivity index (χ4n) is 0. The average molecular weight is 134 g/mol. The Morgan fingerprint density at radius 2 is 1.89 bits per heavy atom. The molecule has 0 aliphatic heterocycles. The van der Waals surface area contributed by atoms with Gasteiger partial charge in [0, 0.05) is 0 Å². The minimum atomic E-state index is -0.245. The van der Waals surface area contributed by atoms with Gasteiger partial charge in [-0.05, 0) is 13.3 Å². The summed E-state index contributed by atoms with van der Waals surface area (Å²) in [5, 5.41) is 0. The van der Waals surface area contributed by atoms with Gasteiger partial charge in [0.05, 0.1) is 12.2 Å². The molecule has 0 aromatic carbocycles. The summed E-state index contributed by atoms with van der Waals surface area (Å²) in [6.45, 7) is 6.36. The van der Waals surface area contributed by atoms with Crippen molar-refractivity contribution in [2.75, 3.05) is 0 Å². The third kappa shape index (κ3) is 38.2. The normalized spacial score (nSPS) is 8.44. The van der Waals surface area contributed by atoms with Gasteiger partial charge in [0.2, 0.25) is 0 Å². The standard InChI is InChI=1S/C4H7F.C3H5F/c1-3-4(2)5;1-2-3-4/h2-3H2,1H3;2-3H,1H3/b;3-2+. The average Bonchev–Trinajstić information content (AvgIpc) is 1.89. The van der Waals surface area contributed by atoms with Crippen molar-refractivity contribution in [3.63, 3.8) is 0 Å². The molecule has 2 heteroatoms. The van der Waals surface area contributed by atoms with E-state index in [1.165, 1.54) is 6.08 Å². The van der Waals surface area contributed by atoms with E-state index in [0.717, 1.165) is 0 Å². The lowest BCUT2D eigenvalue weighted by atomic mass is 10.5. The van der Waals surface area contributed by atoms with E-state index in [4.69, 9.17) is 0 Å². The van der Waals surface area contributed by atoms with Crippen LogP contribution in [0.2, 0.25) is 0 Å². The van der Waals surface area contributed by atoms with E-state index >= 15 is 0 Å². The van der Waals surface area contributed by atoms with Crippen molar-refractivity contribution in [1.29, 1.82) is 0 Å². The Morgan fingerprint density at radius 1 is 1.67 bits per heavy atom. The Kier molecular flexibility index (Phi) is 12.9. The lowest BCUT2D eigenvalue weighted by molar-refractivity contribution is 0.609. The van der Waals surface area contributed by atoms with Crippen LogP contribution >= 0.6 is 0 Å². The Morgan fingerprint density at radius 3 is 1.89 bits per heavy atom. The van der Waals surface area contributed by atoms with Crippen LogP contribution in [0.4, 0.5) is 8.78 Å². The highest BCUT2D eigenvalue weighted by Crippen LogP contribution is 1.93. The molecule has 0 atom stereocenters. The molecular weight excluding hydrogens is 122 g/mol. The van der Waals surface area contributed by atoms with Crippen molar-refractivity contribution in [2.45, 2.75) is 20.3 Å². The lowest BCUT2D eigenvalue weighted by Crippen LogP contribution is -1.55. The van der Waals surface area contributed by atoms with Crippen LogP contribution in [0, 0.1) is 0 Å². The molecule has 0 saturated carbocycles. The highest BCUT2D eigenvalue weighted by Gasteiger charge is 1.73. The molecule has 0 N–H and O–H groups in total. The largest absolute Gasteiger partial charge is 0.216 e. The van der Waals surface area contributed by atoms with Gasteiger partial charge in [0.25, 0.3) is 0 Å². The fourth-order valence-corrected chi connectivity index (χ4v) is 0. The number of rotatable bonds is 1. The zero-order valence-electron chi connectivity index (χ0n) is 5.82. The number of hydrogen-bond donors (Lipinski definition) is 0. The van der Waals surface area contributed by atoms with Crippen molar-refractivity contribution in [3.05, 3.63) is 24.8 Å². The molecule has 0 rings (SSSR count). The van der Waals surface area contributed by atoms with Gasteiger partial charge in [-0.15, -0.1) is 0 Å². The van der Waals surface area contributed by atoms with Crippen LogP contribution < -0.4 is 0 Å². The predicted octanol–water partition coefficient (Wildman–Crippen LogP) is 3.37. The maximum atomic E-state index is 11.2. The van der Waals surface area contributed by atoms with E-state index in [2.05, 4.69) is 6.58 Å². The van der Waals surface area contributed by atoms with Gasteiger partial charge in [-0.2, -0.15) is 0 Å². The first-order chi connectivity index (χ1) is 4.18. The third-order valence-corrected chi connectivity index (χ3v) is 0.510. The fraction of sp³-hybridized carbons (Fsp3) is 0.429. The van der Waals surface area contributed by atoms with E-state index in [1.807, 2.05) is 0 Å². The van der Waals surface area contributed by atoms with Crippen molar-refractivity contribution in [1.82, 2.24) is 0 Å². The quantitative estimate of drug-likeness (QED) is 0.515. The predicted molar refractivity (Wildman–Crippen MR) is 36.5 cm³/mol. The minimum absolute atomic E-state index is 0.245. The second-order valence-corrected chi connectivity index (χ2v) is 1.33. The van der Waals surface area contributed by atoms with E-state index < -0.39 is 0 Å². The molecular formula is C7H12F2. The summed E-state index contributed by atoms with van der Waals surface area (Å²) >= 11 is 0. The Labute approximate surface area is 54.9 Å². The highest BCUT2D eigenvalue weighted by atomic mass is 19.1. The van der Waals surface area contributed by atoms with Crippen LogP contribution in [0.5, 0.6) is 0 Å². The summed E-state index contributed by atoms with van der Waals surface area (Å²) in [4.78, 5) is 0. The van der Waals surface area contributed by atoms with Gasteiger partial charge < -0.3 is 0 Å². The van der Waals surface area contributed by atoms with E-state index in [9.17, 15) is 8.78 Å². The lowest BCUT2D eigenvalue weighted by Gasteiger charge is -1.74. The molecule has 0 heterocycles. The number of hydrogen-bond acceptors (Lipinski definition) is 0. The first kappa shape index (κ1) is 11.2. The van der Waals surface area contributed by atoms with Crippen LogP contribution in [0.1, 0.15) is 20.3 Å². The second-order valence-electron chi connectivity index (χ2n) is 1.33. The molecule has 0 unspecified atom stereocenters. The summed E-state index contributed by atoms with van der Waals surface area (Å²) in [5.74, 6) is -0.245. The Hall–Kier alpha value is -0.660. The summed E-state index contributed by atoms with van der Waals surface area (Å²) < 4.78 is 21.8. The van der Waals surface area contributed by atoms with Crippen molar-refractivity contribution in [2.24, 2.45) is 0 Å². The van der Waals surface area contributed by atoms with Crippen LogP contribution in [-0.4, -0.2) is 0 Å². The second kappa shape index (κ2) is 10.3. The summed E-state index contributed by atoms with van der Waals surface area (Å²) in [6, 6.07) is 0. The monoisotopic (exact) mass is 134 g/mol. The molecule has 0 saturated heterocycles. The molecule has 0 aromatic heterocycles. The molecule has 9 heavy (non-hydrogen) atoms. The van der Waals surface area contributed by atoms with Gasteiger partial charge >= 0.3 is 0 Å². The van der Waals surface area contributed by atoms with E-state index in [-0.39, 0.29) is 5.83 Å². The molecule has 0 aliphatic carbocycles. The molecule has 0 radical (unpaired) electrons. The minimum Gasteiger partial charge on any atom is -0.216 e. The maximum Gasteiger partial charge on any atom is 0.0925 e. The van der Waals surface area contributed by atoms with Crippen LogP contribution in [0.25, 0.3) is 0 Å². The summed E-state index contributed by atoms with van der Waals surface area (Å²) in [6.07, 6.45) is 2.28. The SMILES string of the molecule is C/C=C/F.C=C(F)CC. The first-order valence-electron chi connectivity index (χ1n) is 2.73. The first-order valence-corrected chi connectivity index (χ1v) is 2.73. The summed E-state index contributed by atoms with van der Waals surface area (Å²) in [7, 11) is 0. The molecule has 54 valence electrons. The van der Waals surface area contributed by atoms with Gasteiger partial charge in [0.15, 0.2) is 0 Å². The third-order valence-electron chi connectivity index (χ3n) is 0.510. The smallest absolute Gasteiger partial charge is 0.0925 e. The number of halogens is 2. The number of allylic oxidation sites excluding steroid dienone is 2. The topological polar surface area (TPSA) is 0 Å². The van der Waals surface area contributed by atoms with Crippen LogP contribution in [-0.2, 0) is 0 Å². The van der Waals surface area contributed by atoms with Crippen molar-refractivity contribution < 1.29 is 8.78 Å². The van der Waals surface area contributed by atoms with Gasteiger partial charge in [0.1, 0.15) is 0 Å².